The summed E-state index contributed by atoms with van der Waals surface area (Å²) in [6, 6.07) is 8.96. The summed E-state index contributed by atoms with van der Waals surface area (Å²) in [6.07, 6.45) is 3.51. The van der Waals surface area contributed by atoms with Crippen LogP contribution in [0.5, 0.6) is 11.5 Å². The van der Waals surface area contributed by atoms with Gasteiger partial charge in [0.2, 0.25) is 5.91 Å². The molecule has 232 valence electrons. The van der Waals surface area contributed by atoms with Crippen LogP contribution < -0.4 is 20.5 Å². The second kappa shape index (κ2) is 11.6. The van der Waals surface area contributed by atoms with E-state index in [0.717, 1.165) is 18.9 Å². The van der Waals surface area contributed by atoms with Crippen molar-refractivity contribution in [3.05, 3.63) is 93.2 Å². The van der Waals surface area contributed by atoms with Gasteiger partial charge in [-0.3, -0.25) is 9.59 Å². The summed E-state index contributed by atoms with van der Waals surface area (Å²) in [5.74, 6) is -3.31. The van der Waals surface area contributed by atoms with Crippen molar-refractivity contribution in [1.82, 2.24) is 15.3 Å². The summed E-state index contributed by atoms with van der Waals surface area (Å²) in [6.45, 7) is 7.31. The fourth-order valence-corrected chi connectivity index (χ4v) is 5.61. The number of hydrogen-bond donors (Lipinski definition) is 2. The topological polar surface area (TPSA) is 116 Å². The third-order valence-corrected chi connectivity index (χ3v) is 8.92. The molecule has 3 heterocycles. The molecule has 2 aromatic carbocycles. The molecule has 0 bridgehead atoms. The number of nitrogens with zero attached hydrogens (tertiary/aromatic N) is 2. The van der Waals surface area contributed by atoms with Crippen molar-refractivity contribution in [3.8, 4) is 22.8 Å². The average Bonchev–Trinajstić information content (AvgIpc) is 3.76. The highest BCUT2D eigenvalue weighted by molar-refractivity contribution is 6.33. The summed E-state index contributed by atoms with van der Waals surface area (Å²) in [4.78, 5) is 35.3. The molecule has 8 nitrogen and oxygen atoms in total. The number of amides is 2. The first kappa shape index (κ1) is 30.7. The van der Waals surface area contributed by atoms with Crippen LogP contribution >= 0.6 is 23.2 Å². The summed E-state index contributed by atoms with van der Waals surface area (Å²) in [5, 5.41) is 3.55. The molecule has 2 atom stereocenters. The van der Waals surface area contributed by atoms with Gasteiger partial charge in [0.05, 0.1) is 27.5 Å². The minimum absolute atomic E-state index is 0.0526. The Bertz CT molecular complexity index is 1920. The van der Waals surface area contributed by atoms with Crippen molar-refractivity contribution in [2.24, 2.45) is 5.73 Å². The van der Waals surface area contributed by atoms with Crippen molar-refractivity contribution >= 4 is 45.9 Å². The Hall–Kier alpha value is -4.28. The first-order chi connectivity index (χ1) is 21.4. The molecule has 2 amide bonds. The number of nitrogens with one attached hydrogen (secondary N) is 1. The van der Waals surface area contributed by atoms with Gasteiger partial charge < -0.3 is 20.5 Å². The predicted molar refractivity (Wildman–Crippen MR) is 167 cm³/mol. The molecule has 4 aromatic rings. The SMILES string of the molecule is C=CC(CNC(=O)c1cc(OC2CC2)c2nc(C)c(Cl)cc2c1)c1cc2c(c(-c3ccc(F)c(F)c3Cl)n1)OC[C@]2(C)C(N)=O. The maximum absolute atomic E-state index is 14.5. The van der Waals surface area contributed by atoms with Crippen LogP contribution in [0.2, 0.25) is 10.0 Å². The van der Waals surface area contributed by atoms with E-state index in [-0.39, 0.29) is 36.3 Å². The Morgan fingerprint density at radius 2 is 1.98 bits per heavy atom. The number of rotatable bonds is 9. The van der Waals surface area contributed by atoms with E-state index in [1.54, 1.807) is 44.2 Å². The lowest BCUT2D eigenvalue weighted by Crippen LogP contribution is -2.39. The molecule has 0 spiro atoms. The van der Waals surface area contributed by atoms with Crippen LogP contribution in [-0.2, 0) is 10.2 Å². The van der Waals surface area contributed by atoms with E-state index in [1.165, 1.54) is 6.07 Å². The Morgan fingerprint density at radius 3 is 2.67 bits per heavy atom. The van der Waals surface area contributed by atoms with Crippen LogP contribution in [0.1, 0.15) is 53.0 Å². The van der Waals surface area contributed by atoms with Gasteiger partial charge in [-0.2, -0.15) is 0 Å². The minimum atomic E-state index is -1.25. The zero-order valence-electron chi connectivity index (χ0n) is 24.3. The smallest absolute Gasteiger partial charge is 0.251 e. The van der Waals surface area contributed by atoms with Gasteiger partial charge in [-0.25, -0.2) is 18.7 Å². The lowest BCUT2D eigenvalue weighted by atomic mass is 9.82. The monoisotopic (exact) mass is 652 g/mol. The van der Waals surface area contributed by atoms with E-state index in [4.69, 9.17) is 38.4 Å². The van der Waals surface area contributed by atoms with Gasteiger partial charge in [0.15, 0.2) is 11.6 Å². The maximum Gasteiger partial charge on any atom is 0.251 e. The van der Waals surface area contributed by atoms with Crippen LogP contribution in [-0.4, -0.2) is 41.0 Å². The normalized spacial score (nSPS) is 17.8. The number of aryl methyl sites for hydroxylation is 1. The van der Waals surface area contributed by atoms with Gasteiger partial charge in [-0.15, -0.1) is 6.58 Å². The van der Waals surface area contributed by atoms with Crippen LogP contribution in [0.4, 0.5) is 8.78 Å². The Balaban J connectivity index is 1.35. The predicted octanol–water partition coefficient (Wildman–Crippen LogP) is 6.57. The molecule has 3 N–H and O–H groups in total. The molecule has 1 fully saturated rings. The molecule has 45 heavy (non-hydrogen) atoms. The molecule has 2 aliphatic rings. The first-order valence-corrected chi connectivity index (χ1v) is 15.0. The van der Waals surface area contributed by atoms with E-state index < -0.39 is 39.8 Å². The number of nitrogens with two attached hydrogens (primary N) is 1. The number of carbonyl (C=O) groups is 2. The number of hydrogen-bond acceptors (Lipinski definition) is 6. The molecule has 1 aliphatic heterocycles. The number of fused-ring (bicyclic) bond motifs is 2. The number of benzene rings is 2. The van der Waals surface area contributed by atoms with Crippen LogP contribution in [0.25, 0.3) is 22.2 Å². The van der Waals surface area contributed by atoms with E-state index in [0.29, 0.717) is 44.2 Å². The zero-order valence-corrected chi connectivity index (χ0v) is 25.9. The second-order valence-corrected chi connectivity index (χ2v) is 12.2. The molecule has 1 saturated carbocycles. The van der Waals surface area contributed by atoms with Crippen molar-refractivity contribution < 1.29 is 27.8 Å². The second-order valence-electron chi connectivity index (χ2n) is 11.5. The van der Waals surface area contributed by atoms with Crippen LogP contribution in [0.15, 0.2) is 49.1 Å². The molecule has 12 heteroatoms. The molecule has 0 saturated heterocycles. The standard InChI is InChI=1S/C33H28Cl2F2N4O4/c1-4-16(13-39-31(42)18-9-17-10-22(34)15(2)40-28(17)25(11-18)45-19-5-6-19)24-12-21-30(44-14-33(21,3)32(38)43)29(41-24)20-7-8-23(36)27(37)26(20)35/h4,7-12,16,19H,1,5-6,13-14H2,2-3H3,(H2,38,43)(H,39,42)/t16?,33-/m0/s1. The van der Waals surface area contributed by atoms with Gasteiger partial charge in [0, 0.05) is 34.5 Å². The molecule has 1 aliphatic carbocycles. The number of carbonyl (C=O) groups excluding carboxylic acids is 2. The van der Waals surface area contributed by atoms with Crippen LogP contribution in [0, 0.1) is 18.6 Å². The van der Waals surface area contributed by atoms with Gasteiger partial charge in [-0.1, -0.05) is 29.3 Å². The van der Waals surface area contributed by atoms with E-state index in [9.17, 15) is 18.4 Å². The Kier molecular flexibility index (Phi) is 7.91. The van der Waals surface area contributed by atoms with Crippen LogP contribution in [0.3, 0.4) is 0 Å². The molecule has 6 rings (SSSR count). The number of aromatic nitrogens is 2. The maximum atomic E-state index is 14.5. The quantitative estimate of drug-likeness (QED) is 0.156. The highest BCUT2D eigenvalue weighted by atomic mass is 35.5. The summed E-state index contributed by atoms with van der Waals surface area (Å²) in [7, 11) is 0. The number of halogens is 4. The summed E-state index contributed by atoms with van der Waals surface area (Å²) in [5.41, 5.74) is 7.09. The number of pyridine rings is 2. The van der Waals surface area contributed by atoms with Gasteiger partial charge in [0.1, 0.15) is 34.7 Å². The van der Waals surface area contributed by atoms with Crippen molar-refractivity contribution in [2.45, 2.75) is 44.1 Å². The van der Waals surface area contributed by atoms with Gasteiger partial charge in [-0.05, 0) is 63.1 Å². The van der Waals surface area contributed by atoms with Gasteiger partial charge in [0.25, 0.3) is 5.91 Å². The minimum Gasteiger partial charge on any atom is -0.489 e. The average molecular weight is 654 g/mol. The molecule has 1 unspecified atom stereocenters. The summed E-state index contributed by atoms with van der Waals surface area (Å²) < 4.78 is 40.4. The highest BCUT2D eigenvalue weighted by Gasteiger charge is 2.44. The van der Waals surface area contributed by atoms with Crippen molar-refractivity contribution in [1.29, 1.82) is 0 Å². The largest absolute Gasteiger partial charge is 0.489 e. The van der Waals surface area contributed by atoms with E-state index in [1.807, 2.05) is 0 Å². The van der Waals surface area contributed by atoms with Crippen molar-refractivity contribution in [2.75, 3.05) is 13.2 Å². The fraction of sp³-hybridized carbons (Fsp3) is 0.273. The van der Waals surface area contributed by atoms with Crippen molar-refractivity contribution in [3.63, 3.8) is 0 Å². The summed E-state index contributed by atoms with van der Waals surface area (Å²) >= 11 is 12.5. The van der Waals surface area contributed by atoms with E-state index in [2.05, 4.69) is 21.9 Å². The molecule has 2 aromatic heterocycles. The molecular weight excluding hydrogens is 625 g/mol. The molecular formula is C33H28Cl2F2N4O4. The molecule has 0 radical (unpaired) electrons. The number of ether oxygens (including phenoxy) is 2. The Morgan fingerprint density at radius 1 is 1.22 bits per heavy atom. The third kappa shape index (κ3) is 5.57. The first-order valence-electron chi connectivity index (χ1n) is 14.2. The lowest BCUT2D eigenvalue weighted by Gasteiger charge is -2.21. The van der Waals surface area contributed by atoms with E-state index >= 15 is 0 Å². The fourth-order valence-electron chi connectivity index (χ4n) is 5.21. The zero-order chi connectivity index (χ0) is 32.2. The Labute approximate surface area is 267 Å². The number of primary amides is 1. The van der Waals surface area contributed by atoms with Gasteiger partial charge >= 0.3 is 0 Å². The third-order valence-electron chi connectivity index (χ3n) is 8.17. The lowest BCUT2D eigenvalue weighted by molar-refractivity contribution is -0.123. The highest BCUT2D eigenvalue weighted by Crippen LogP contribution is 2.47.